The zero-order valence-corrected chi connectivity index (χ0v) is 11.9. The van der Waals surface area contributed by atoms with Crippen LogP contribution in [0.1, 0.15) is 16.6 Å². The smallest absolute Gasteiger partial charge is 0.349 e. The van der Waals surface area contributed by atoms with Gasteiger partial charge < -0.3 is 10.1 Å². The van der Waals surface area contributed by atoms with Crippen LogP contribution in [-0.2, 0) is 9.53 Å². The van der Waals surface area contributed by atoms with Crippen molar-refractivity contribution in [3.8, 4) is 11.1 Å². The number of likely N-dealkylation sites (N-methyl/N-ethyl adjacent to an activating group) is 1. The Labute approximate surface area is 121 Å². The van der Waals surface area contributed by atoms with E-state index >= 15 is 0 Å². The molecule has 0 aliphatic rings. The van der Waals surface area contributed by atoms with Crippen LogP contribution < -0.4 is 5.32 Å². The summed E-state index contributed by atoms with van der Waals surface area (Å²) in [5, 5.41) is 4.42. The van der Waals surface area contributed by atoms with Gasteiger partial charge in [0.25, 0.3) is 5.91 Å². The second-order valence-corrected chi connectivity index (χ2v) is 4.98. The van der Waals surface area contributed by atoms with Gasteiger partial charge in [-0.1, -0.05) is 30.3 Å². The summed E-state index contributed by atoms with van der Waals surface area (Å²) in [7, 11) is 0. The Hall–Kier alpha value is -2.14. The fourth-order valence-electron chi connectivity index (χ4n) is 1.76. The summed E-state index contributed by atoms with van der Waals surface area (Å²) in [6.45, 7) is 2.08. The number of rotatable bonds is 5. The maximum Gasteiger partial charge on any atom is 0.349 e. The van der Waals surface area contributed by atoms with Gasteiger partial charge in [-0.3, -0.25) is 4.79 Å². The molecule has 2 rings (SSSR count). The molecule has 0 fully saturated rings. The number of thiophene rings is 1. The predicted octanol–water partition coefficient (Wildman–Crippen LogP) is 2.71. The van der Waals surface area contributed by atoms with Gasteiger partial charge in [0, 0.05) is 12.1 Å². The molecule has 4 nitrogen and oxygen atoms in total. The highest BCUT2D eigenvalue weighted by Crippen LogP contribution is 2.28. The molecule has 0 aliphatic carbocycles. The average Bonchev–Trinajstić information content (AvgIpc) is 2.95. The monoisotopic (exact) mass is 289 g/mol. The maximum atomic E-state index is 12.0. The van der Waals surface area contributed by atoms with Gasteiger partial charge in [0.2, 0.25) is 0 Å². The van der Waals surface area contributed by atoms with E-state index in [1.54, 1.807) is 0 Å². The second-order valence-electron chi connectivity index (χ2n) is 4.06. The number of esters is 1. The normalized spacial score (nSPS) is 10.1. The number of nitrogens with one attached hydrogen (secondary N) is 1. The third-order valence-corrected chi connectivity index (χ3v) is 3.54. The molecule has 1 heterocycles. The van der Waals surface area contributed by atoms with Gasteiger partial charge in [0.05, 0.1) is 0 Å². The SMILES string of the molecule is CCNC(=O)COC(=O)c1sccc1-c1ccccc1. The molecule has 1 amide bonds. The highest BCUT2D eigenvalue weighted by molar-refractivity contribution is 7.12. The molecule has 20 heavy (non-hydrogen) atoms. The molecule has 0 radical (unpaired) electrons. The van der Waals surface area contributed by atoms with Crippen molar-refractivity contribution in [2.24, 2.45) is 0 Å². The number of benzene rings is 1. The average molecular weight is 289 g/mol. The van der Waals surface area contributed by atoms with Crippen LogP contribution in [0.25, 0.3) is 11.1 Å². The lowest BCUT2D eigenvalue weighted by Gasteiger charge is -2.06. The molecule has 5 heteroatoms. The largest absolute Gasteiger partial charge is 0.451 e. The first-order valence-electron chi connectivity index (χ1n) is 6.29. The van der Waals surface area contributed by atoms with E-state index in [-0.39, 0.29) is 12.5 Å². The van der Waals surface area contributed by atoms with E-state index in [4.69, 9.17) is 4.74 Å². The van der Waals surface area contributed by atoms with Crippen LogP contribution in [0.5, 0.6) is 0 Å². The number of carbonyl (C=O) groups excluding carboxylic acids is 2. The van der Waals surface area contributed by atoms with E-state index in [2.05, 4.69) is 5.32 Å². The third kappa shape index (κ3) is 3.45. The number of amides is 1. The number of carbonyl (C=O) groups is 2. The van der Waals surface area contributed by atoms with Crippen molar-refractivity contribution >= 4 is 23.2 Å². The lowest BCUT2D eigenvalue weighted by Crippen LogP contribution is -2.28. The van der Waals surface area contributed by atoms with Crippen LogP contribution in [-0.4, -0.2) is 25.0 Å². The number of hydrogen-bond donors (Lipinski definition) is 1. The maximum absolute atomic E-state index is 12.0. The van der Waals surface area contributed by atoms with Crippen molar-refractivity contribution in [1.29, 1.82) is 0 Å². The van der Waals surface area contributed by atoms with E-state index in [0.717, 1.165) is 11.1 Å². The van der Waals surface area contributed by atoms with Crippen molar-refractivity contribution in [3.05, 3.63) is 46.7 Å². The van der Waals surface area contributed by atoms with E-state index in [0.29, 0.717) is 11.4 Å². The minimum absolute atomic E-state index is 0.251. The quantitative estimate of drug-likeness (QED) is 0.861. The molecule has 0 unspecified atom stereocenters. The lowest BCUT2D eigenvalue weighted by atomic mass is 10.1. The van der Waals surface area contributed by atoms with Crippen molar-refractivity contribution in [2.45, 2.75) is 6.92 Å². The topological polar surface area (TPSA) is 55.4 Å². The highest BCUT2D eigenvalue weighted by Gasteiger charge is 2.16. The summed E-state index contributed by atoms with van der Waals surface area (Å²) in [4.78, 5) is 23.8. The van der Waals surface area contributed by atoms with Crippen LogP contribution in [0.2, 0.25) is 0 Å². The van der Waals surface area contributed by atoms with Gasteiger partial charge in [0.1, 0.15) is 4.88 Å². The minimum Gasteiger partial charge on any atom is -0.451 e. The molecule has 104 valence electrons. The zero-order chi connectivity index (χ0) is 14.4. The fraction of sp³-hybridized carbons (Fsp3) is 0.200. The predicted molar refractivity (Wildman–Crippen MR) is 78.7 cm³/mol. The van der Waals surface area contributed by atoms with Gasteiger partial charge in [-0.05, 0) is 23.9 Å². The first-order chi connectivity index (χ1) is 9.72. The van der Waals surface area contributed by atoms with E-state index in [9.17, 15) is 9.59 Å². The zero-order valence-electron chi connectivity index (χ0n) is 11.1. The van der Waals surface area contributed by atoms with E-state index in [1.807, 2.05) is 48.7 Å². The highest BCUT2D eigenvalue weighted by atomic mass is 32.1. The lowest BCUT2D eigenvalue weighted by molar-refractivity contribution is -0.124. The third-order valence-electron chi connectivity index (χ3n) is 2.64. The molecule has 0 saturated heterocycles. The molecule has 0 spiro atoms. The van der Waals surface area contributed by atoms with Gasteiger partial charge in [-0.2, -0.15) is 0 Å². The van der Waals surface area contributed by atoms with Gasteiger partial charge in [-0.25, -0.2) is 4.79 Å². The van der Waals surface area contributed by atoms with Crippen molar-refractivity contribution in [1.82, 2.24) is 5.32 Å². The Kier molecular flexibility index (Phi) is 4.90. The summed E-state index contributed by atoms with van der Waals surface area (Å²) >= 11 is 1.31. The molecular weight excluding hydrogens is 274 g/mol. The van der Waals surface area contributed by atoms with Crippen molar-refractivity contribution in [2.75, 3.05) is 13.2 Å². The number of hydrogen-bond acceptors (Lipinski definition) is 4. The Morgan fingerprint density at radius 2 is 1.95 bits per heavy atom. The second kappa shape index (κ2) is 6.86. The first-order valence-corrected chi connectivity index (χ1v) is 7.17. The van der Waals surface area contributed by atoms with Crippen molar-refractivity contribution in [3.63, 3.8) is 0 Å². The van der Waals surface area contributed by atoms with Crippen LogP contribution in [0.15, 0.2) is 41.8 Å². The molecule has 2 aromatic rings. The Bertz CT molecular complexity index is 592. The van der Waals surface area contributed by atoms with Crippen LogP contribution in [0.3, 0.4) is 0 Å². The Balaban J connectivity index is 2.08. The first kappa shape index (κ1) is 14.3. The van der Waals surface area contributed by atoms with Crippen LogP contribution in [0.4, 0.5) is 0 Å². The van der Waals surface area contributed by atoms with Crippen LogP contribution >= 0.6 is 11.3 Å². The molecule has 0 saturated carbocycles. The molecule has 0 bridgehead atoms. The van der Waals surface area contributed by atoms with Gasteiger partial charge in [-0.15, -0.1) is 11.3 Å². The molecule has 0 aliphatic heterocycles. The molecule has 0 atom stereocenters. The minimum atomic E-state index is -0.467. The molecule has 1 N–H and O–H groups in total. The molecule has 1 aromatic carbocycles. The Morgan fingerprint density at radius 3 is 2.65 bits per heavy atom. The fourth-order valence-corrected chi connectivity index (χ4v) is 2.57. The summed E-state index contributed by atoms with van der Waals surface area (Å²) < 4.78 is 5.02. The van der Waals surface area contributed by atoms with Crippen molar-refractivity contribution < 1.29 is 14.3 Å². The summed E-state index contributed by atoms with van der Waals surface area (Å²) in [5.74, 6) is -0.760. The molecular formula is C15H15NO3S. The summed E-state index contributed by atoms with van der Waals surface area (Å²) in [6.07, 6.45) is 0. The van der Waals surface area contributed by atoms with E-state index in [1.165, 1.54) is 11.3 Å². The molecule has 1 aromatic heterocycles. The standard InChI is InChI=1S/C15H15NO3S/c1-2-16-13(17)10-19-15(18)14-12(8-9-20-14)11-6-4-3-5-7-11/h3-9H,2,10H2,1H3,(H,16,17). The number of ether oxygens (including phenoxy) is 1. The van der Waals surface area contributed by atoms with Crippen LogP contribution in [0, 0.1) is 0 Å². The van der Waals surface area contributed by atoms with Gasteiger partial charge >= 0.3 is 5.97 Å². The Morgan fingerprint density at radius 1 is 1.20 bits per heavy atom. The van der Waals surface area contributed by atoms with E-state index < -0.39 is 5.97 Å². The van der Waals surface area contributed by atoms with Gasteiger partial charge in [0.15, 0.2) is 6.61 Å². The summed E-state index contributed by atoms with van der Waals surface area (Å²) in [6, 6.07) is 11.5. The summed E-state index contributed by atoms with van der Waals surface area (Å²) in [5.41, 5.74) is 1.79.